The molecule has 2 N–H and O–H groups in total. The molecule has 0 saturated carbocycles. The molecule has 4 rings (SSSR count). The Kier molecular flexibility index (Phi) is 4.18. The molecule has 2 aromatic carbocycles. The van der Waals surface area contributed by atoms with Gasteiger partial charge in [0.1, 0.15) is 5.82 Å². The Bertz CT molecular complexity index is 878. The monoisotopic (exact) mass is 320 g/mol. The van der Waals surface area contributed by atoms with Crippen molar-refractivity contribution in [2.45, 2.75) is 25.3 Å². The molecular weight excluding hydrogens is 299 g/mol. The molecule has 2 nitrogen and oxygen atoms in total. The summed E-state index contributed by atoms with van der Waals surface area (Å²) in [5.41, 5.74) is 4.43. The number of benzene rings is 2. The fraction of sp³-hybridized carbons (Fsp3) is 0.238. The van der Waals surface area contributed by atoms with E-state index in [1.165, 1.54) is 16.5 Å². The summed E-state index contributed by atoms with van der Waals surface area (Å²) >= 11 is 0. The number of nitrogens with one attached hydrogen (secondary N) is 2. The highest BCUT2D eigenvalue weighted by Gasteiger charge is 2.18. The molecule has 3 heteroatoms. The van der Waals surface area contributed by atoms with Crippen molar-refractivity contribution in [2.24, 2.45) is 0 Å². The van der Waals surface area contributed by atoms with Crippen LogP contribution >= 0.6 is 0 Å². The Balaban J connectivity index is 1.46. The maximum atomic E-state index is 14.0. The van der Waals surface area contributed by atoms with E-state index in [2.05, 4.69) is 40.6 Å². The lowest BCUT2D eigenvalue weighted by atomic mass is 9.91. The number of fused-ring (bicyclic) bond motifs is 1. The number of H-pyrrole nitrogens is 1. The van der Waals surface area contributed by atoms with Crippen LogP contribution in [0.25, 0.3) is 16.5 Å². The number of rotatable bonds is 4. The number of halogens is 1. The normalized spacial score (nSPS) is 17.9. The number of aromatic nitrogens is 1. The van der Waals surface area contributed by atoms with Crippen molar-refractivity contribution in [2.75, 3.05) is 6.54 Å². The smallest absolute Gasteiger partial charge is 0.130 e. The number of aryl methyl sites for hydroxylation is 1. The van der Waals surface area contributed by atoms with Gasteiger partial charge in [-0.15, -0.1) is 0 Å². The third kappa shape index (κ3) is 3.00. The molecule has 1 unspecified atom stereocenters. The summed E-state index contributed by atoms with van der Waals surface area (Å²) < 4.78 is 14.0. The lowest BCUT2D eigenvalue weighted by Gasteiger charge is -2.25. The van der Waals surface area contributed by atoms with E-state index in [4.69, 9.17) is 0 Å². The van der Waals surface area contributed by atoms with Gasteiger partial charge in [0.05, 0.1) is 0 Å². The van der Waals surface area contributed by atoms with E-state index in [-0.39, 0.29) is 5.82 Å². The molecule has 0 saturated heterocycles. The molecule has 2 heterocycles. The molecule has 3 aromatic rings. The van der Waals surface area contributed by atoms with Gasteiger partial charge in [-0.3, -0.25) is 0 Å². The molecule has 0 amide bonds. The summed E-state index contributed by atoms with van der Waals surface area (Å²) in [4.78, 5) is 3.27. The molecule has 0 radical (unpaired) electrons. The SMILES string of the molecule is Fc1ccccc1C1=CCNC(CCc2cccc3[nH]ccc23)C1. The maximum Gasteiger partial charge on any atom is 0.130 e. The molecule has 1 aromatic heterocycles. The van der Waals surface area contributed by atoms with Crippen molar-refractivity contribution in [3.63, 3.8) is 0 Å². The molecule has 0 aliphatic carbocycles. The highest BCUT2D eigenvalue weighted by molar-refractivity contribution is 5.82. The molecule has 0 spiro atoms. The minimum atomic E-state index is -0.124. The zero-order chi connectivity index (χ0) is 16.4. The molecule has 1 atom stereocenters. The van der Waals surface area contributed by atoms with Crippen LogP contribution in [0.5, 0.6) is 0 Å². The van der Waals surface area contributed by atoms with E-state index in [1.807, 2.05) is 18.3 Å². The van der Waals surface area contributed by atoms with Crippen LogP contribution in [-0.4, -0.2) is 17.6 Å². The van der Waals surface area contributed by atoms with Gasteiger partial charge in [0.2, 0.25) is 0 Å². The Labute approximate surface area is 141 Å². The quantitative estimate of drug-likeness (QED) is 0.717. The first-order valence-electron chi connectivity index (χ1n) is 8.53. The summed E-state index contributed by atoms with van der Waals surface area (Å²) in [6.07, 6.45) is 7.06. The molecule has 0 bridgehead atoms. The number of hydrogen-bond donors (Lipinski definition) is 2. The van der Waals surface area contributed by atoms with Gasteiger partial charge in [0, 0.05) is 35.2 Å². The predicted octanol–water partition coefficient (Wildman–Crippen LogP) is 4.69. The third-order valence-electron chi connectivity index (χ3n) is 4.89. The second kappa shape index (κ2) is 6.62. The van der Waals surface area contributed by atoms with E-state index in [1.54, 1.807) is 12.1 Å². The predicted molar refractivity (Wildman–Crippen MR) is 97.4 cm³/mol. The zero-order valence-electron chi connectivity index (χ0n) is 13.6. The third-order valence-corrected chi connectivity index (χ3v) is 4.89. The molecule has 122 valence electrons. The van der Waals surface area contributed by atoms with Crippen molar-refractivity contribution in [3.8, 4) is 0 Å². The largest absolute Gasteiger partial charge is 0.361 e. The average molecular weight is 320 g/mol. The summed E-state index contributed by atoms with van der Waals surface area (Å²) in [6.45, 7) is 0.808. The minimum Gasteiger partial charge on any atom is -0.361 e. The van der Waals surface area contributed by atoms with Gasteiger partial charge >= 0.3 is 0 Å². The molecule has 24 heavy (non-hydrogen) atoms. The Morgan fingerprint density at radius 2 is 1.96 bits per heavy atom. The van der Waals surface area contributed by atoms with Crippen molar-refractivity contribution >= 4 is 16.5 Å². The van der Waals surface area contributed by atoms with Gasteiger partial charge in [-0.1, -0.05) is 36.4 Å². The van der Waals surface area contributed by atoms with Gasteiger partial charge in [-0.05, 0) is 48.6 Å². The summed E-state index contributed by atoms with van der Waals surface area (Å²) in [5, 5.41) is 4.85. The van der Waals surface area contributed by atoms with Crippen LogP contribution in [0.2, 0.25) is 0 Å². The standard InChI is InChI=1S/C21H21FN2/c22-20-6-2-1-5-18(20)16-10-12-23-17(14-16)9-8-15-4-3-7-21-19(15)11-13-24-21/h1-7,10-11,13,17,23-24H,8-9,12,14H2. The lowest BCUT2D eigenvalue weighted by Crippen LogP contribution is -2.33. The van der Waals surface area contributed by atoms with Gasteiger partial charge in [-0.25, -0.2) is 4.39 Å². The van der Waals surface area contributed by atoms with E-state index in [0.717, 1.165) is 36.9 Å². The number of aromatic amines is 1. The highest BCUT2D eigenvalue weighted by Crippen LogP contribution is 2.27. The van der Waals surface area contributed by atoms with Crippen molar-refractivity contribution in [3.05, 3.63) is 77.7 Å². The van der Waals surface area contributed by atoms with Crippen LogP contribution < -0.4 is 5.32 Å². The van der Waals surface area contributed by atoms with E-state index >= 15 is 0 Å². The van der Waals surface area contributed by atoms with Crippen molar-refractivity contribution in [1.82, 2.24) is 10.3 Å². The van der Waals surface area contributed by atoms with Crippen LogP contribution in [0.4, 0.5) is 4.39 Å². The van der Waals surface area contributed by atoms with Crippen LogP contribution in [0.3, 0.4) is 0 Å². The Hall–Kier alpha value is -2.39. The summed E-state index contributed by atoms with van der Waals surface area (Å²) in [6, 6.07) is 16.0. The summed E-state index contributed by atoms with van der Waals surface area (Å²) in [5.74, 6) is -0.124. The molecule has 1 aliphatic rings. The first-order chi connectivity index (χ1) is 11.8. The summed E-state index contributed by atoms with van der Waals surface area (Å²) in [7, 11) is 0. The lowest BCUT2D eigenvalue weighted by molar-refractivity contribution is 0.500. The highest BCUT2D eigenvalue weighted by atomic mass is 19.1. The molecule has 0 fully saturated rings. The van der Waals surface area contributed by atoms with E-state index in [0.29, 0.717) is 6.04 Å². The fourth-order valence-electron chi connectivity index (χ4n) is 3.61. The van der Waals surface area contributed by atoms with Gasteiger partial charge in [0.15, 0.2) is 0 Å². The van der Waals surface area contributed by atoms with E-state index in [9.17, 15) is 4.39 Å². The average Bonchev–Trinajstić information content (AvgIpc) is 3.10. The Morgan fingerprint density at radius 1 is 1.04 bits per heavy atom. The first-order valence-corrected chi connectivity index (χ1v) is 8.53. The van der Waals surface area contributed by atoms with Crippen LogP contribution in [0, 0.1) is 5.82 Å². The van der Waals surface area contributed by atoms with Crippen LogP contribution in [0.1, 0.15) is 24.0 Å². The maximum absolute atomic E-state index is 14.0. The molecular formula is C21H21FN2. The van der Waals surface area contributed by atoms with Gasteiger partial charge < -0.3 is 10.3 Å². The second-order valence-corrected chi connectivity index (χ2v) is 6.41. The van der Waals surface area contributed by atoms with E-state index < -0.39 is 0 Å². The van der Waals surface area contributed by atoms with Crippen LogP contribution in [0.15, 0.2) is 60.8 Å². The van der Waals surface area contributed by atoms with Crippen molar-refractivity contribution < 1.29 is 4.39 Å². The Morgan fingerprint density at radius 3 is 2.88 bits per heavy atom. The topological polar surface area (TPSA) is 27.8 Å². The van der Waals surface area contributed by atoms with Gasteiger partial charge in [0.25, 0.3) is 0 Å². The minimum absolute atomic E-state index is 0.124. The molecule has 1 aliphatic heterocycles. The van der Waals surface area contributed by atoms with Crippen molar-refractivity contribution in [1.29, 1.82) is 0 Å². The van der Waals surface area contributed by atoms with Gasteiger partial charge in [-0.2, -0.15) is 0 Å². The number of hydrogen-bond acceptors (Lipinski definition) is 1. The first kappa shape index (κ1) is 15.2. The second-order valence-electron chi connectivity index (χ2n) is 6.41. The zero-order valence-corrected chi connectivity index (χ0v) is 13.6. The fourth-order valence-corrected chi connectivity index (χ4v) is 3.61. The van der Waals surface area contributed by atoms with Crippen LogP contribution in [-0.2, 0) is 6.42 Å².